The smallest absolute Gasteiger partial charge is 0.290 e. The number of sulfonamides is 1. The third-order valence-electron chi connectivity index (χ3n) is 4.27. The molecule has 0 radical (unpaired) electrons. The number of halogens is 1. The summed E-state index contributed by atoms with van der Waals surface area (Å²) in [5.74, 6) is -0.304. The van der Waals surface area contributed by atoms with Gasteiger partial charge in [0, 0.05) is 45.0 Å². The number of nitrogens with one attached hydrogen (secondary N) is 1. The van der Waals surface area contributed by atoms with Gasteiger partial charge >= 0.3 is 0 Å². The highest BCUT2D eigenvalue weighted by atomic mass is 35.5. The molecule has 0 unspecified atom stereocenters. The van der Waals surface area contributed by atoms with Crippen molar-refractivity contribution in [3.05, 3.63) is 47.7 Å². The average Bonchev–Trinajstić information content (AvgIpc) is 2.64. The number of pyridine rings is 1. The zero-order valence-electron chi connectivity index (χ0n) is 16.5. The Labute approximate surface area is 171 Å². The lowest BCUT2D eigenvalue weighted by molar-refractivity contribution is -0.684. The van der Waals surface area contributed by atoms with Crippen molar-refractivity contribution in [1.29, 1.82) is 0 Å². The van der Waals surface area contributed by atoms with Crippen molar-refractivity contribution in [2.75, 3.05) is 37.4 Å². The molecule has 0 aliphatic rings. The SMILES string of the molecule is CCN(CC)S(=O)(=O)c1ccc(Cl)c(NC(=O)C[n+]2ccc(N(C)C)cc2)c1. The van der Waals surface area contributed by atoms with E-state index in [4.69, 9.17) is 11.6 Å². The molecule has 1 heterocycles. The van der Waals surface area contributed by atoms with Gasteiger partial charge in [-0.15, -0.1) is 0 Å². The quantitative estimate of drug-likeness (QED) is 0.659. The van der Waals surface area contributed by atoms with Crippen LogP contribution in [0.5, 0.6) is 0 Å². The first-order valence-corrected chi connectivity index (χ1v) is 10.8. The molecule has 0 saturated heterocycles. The Morgan fingerprint density at radius 3 is 2.25 bits per heavy atom. The summed E-state index contributed by atoms with van der Waals surface area (Å²) in [5, 5.41) is 2.98. The molecule has 0 fully saturated rings. The van der Waals surface area contributed by atoms with E-state index < -0.39 is 10.0 Å². The van der Waals surface area contributed by atoms with E-state index >= 15 is 0 Å². The minimum atomic E-state index is -3.63. The number of aromatic nitrogens is 1. The Balaban J connectivity index is 2.18. The summed E-state index contributed by atoms with van der Waals surface area (Å²) in [6, 6.07) is 8.12. The molecule has 2 aromatic rings. The van der Waals surface area contributed by atoms with Crippen LogP contribution >= 0.6 is 11.6 Å². The molecular weight excluding hydrogens is 400 g/mol. The van der Waals surface area contributed by atoms with Crippen LogP contribution in [0.25, 0.3) is 0 Å². The Morgan fingerprint density at radius 1 is 1.11 bits per heavy atom. The highest BCUT2D eigenvalue weighted by Gasteiger charge is 2.23. The van der Waals surface area contributed by atoms with Crippen LogP contribution in [0.1, 0.15) is 13.8 Å². The van der Waals surface area contributed by atoms with Crippen molar-refractivity contribution in [2.45, 2.75) is 25.3 Å². The highest BCUT2D eigenvalue weighted by molar-refractivity contribution is 7.89. The van der Waals surface area contributed by atoms with E-state index in [0.717, 1.165) is 5.69 Å². The molecule has 0 aliphatic heterocycles. The van der Waals surface area contributed by atoms with Crippen LogP contribution in [-0.2, 0) is 21.4 Å². The molecule has 7 nitrogen and oxygen atoms in total. The van der Waals surface area contributed by atoms with E-state index in [0.29, 0.717) is 13.1 Å². The maximum absolute atomic E-state index is 12.7. The monoisotopic (exact) mass is 425 g/mol. The molecule has 1 aromatic heterocycles. The van der Waals surface area contributed by atoms with Crippen molar-refractivity contribution in [2.24, 2.45) is 0 Å². The number of amides is 1. The lowest BCUT2D eigenvalue weighted by atomic mass is 10.3. The van der Waals surface area contributed by atoms with E-state index in [1.165, 1.54) is 22.5 Å². The van der Waals surface area contributed by atoms with E-state index in [9.17, 15) is 13.2 Å². The number of hydrogen-bond acceptors (Lipinski definition) is 4. The Bertz CT molecular complexity index is 927. The summed E-state index contributed by atoms with van der Waals surface area (Å²) in [6.45, 7) is 4.36. The summed E-state index contributed by atoms with van der Waals surface area (Å²) in [4.78, 5) is 14.5. The second kappa shape index (κ2) is 9.36. The maximum atomic E-state index is 12.7. The molecule has 1 aromatic carbocycles. The van der Waals surface area contributed by atoms with Gasteiger partial charge in [-0.3, -0.25) is 4.79 Å². The van der Waals surface area contributed by atoms with Gasteiger partial charge in [0.05, 0.1) is 15.6 Å². The molecular formula is C19H26ClN4O3S+. The summed E-state index contributed by atoms with van der Waals surface area (Å²) in [7, 11) is 0.242. The second-order valence-electron chi connectivity index (χ2n) is 6.40. The number of anilines is 2. The van der Waals surface area contributed by atoms with Gasteiger partial charge in [-0.25, -0.2) is 8.42 Å². The third kappa shape index (κ3) is 5.21. The van der Waals surface area contributed by atoms with E-state index in [-0.39, 0.29) is 28.1 Å². The zero-order chi connectivity index (χ0) is 20.9. The van der Waals surface area contributed by atoms with Gasteiger partial charge in [0.2, 0.25) is 16.6 Å². The average molecular weight is 426 g/mol. The number of benzene rings is 1. The predicted octanol–water partition coefficient (Wildman–Crippen LogP) is 2.36. The lowest BCUT2D eigenvalue weighted by Crippen LogP contribution is -2.39. The fourth-order valence-corrected chi connectivity index (χ4v) is 4.33. The van der Waals surface area contributed by atoms with Crippen molar-refractivity contribution in [3.63, 3.8) is 0 Å². The van der Waals surface area contributed by atoms with Gasteiger partial charge in [0.1, 0.15) is 0 Å². The molecule has 0 atom stereocenters. The molecule has 1 amide bonds. The first-order chi connectivity index (χ1) is 13.2. The minimum absolute atomic E-state index is 0.0804. The molecule has 1 N–H and O–H groups in total. The Morgan fingerprint density at radius 2 is 1.71 bits per heavy atom. The Kier molecular flexibility index (Phi) is 7.40. The predicted molar refractivity (Wildman–Crippen MR) is 111 cm³/mol. The van der Waals surface area contributed by atoms with E-state index in [1.807, 2.05) is 31.1 Å². The minimum Gasteiger partial charge on any atom is -0.377 e. The third-order valence-corrected chi connectivity index (χ3v) is 6.65. The highest BCUT2D eigenvalue weighted by Crippen LogP contribution is 2.27. The summed E-state index contributed by atoms with van der Waals surface area (Å²) in [5.41, 5.74) is 1.29. The van der Waals surface area contributed by atoms with Crippen molar-refractivity contribution in [1.82, 2.24) is 4.31 Å². The number of carbonyl (C=O) groups excluding carboxylic acids is 1. The standard InChI is InChI=1S/C19H25ClN4O3S/c1-5-24(6-2)28(26,27)16-7-8-17(20)18(13-16)21-19(25)14-23-11-9-15(10-12-23)22(3)4/h7-13H,5-6,14H2,1-4H3/p+1. The van der Waals surface area contributed by atoms with Gasteiger partial charge < -0.3 is 10.2 Å². The summed E-state index contributed by atoms with van der Waals surface area (Å²) >= 11 is 6.16. The van der Waals surface area contributed by atoms with Gasteiger partial charge in [-0.2, -0.15) is 8.87 Å². The largest absolute Gasteiger partial charge is 0.377 e. The van der Waals surface area contributed by atoms with Crippen molar-refractivity contribution < 1.29 is 17.8 Å². The number of hydrogen-bond donors (Lipinski definition) is 1. The van der Waals surface area contributed by atoms with E-state index in [1.54, 1.807) is 30.8 Å². The van der Waals surface area contributed by atoms with Crippen LogP contribution in [-0.4, -0.2) is 45.8 Å². The molecule has 0 saturated carbocycles. The first kappa shape index (κ1) is 22.1. The number of carbonyl (C=O) groups is 1. The molecule has 152 valence electrons. The molecule has 0 aliphatic carbocycles. The normalized spacial score (nSPS) is 11.5. The van der Waals surface area contributed by atoms with Crippen LogP contribution in [0.2, 0.25) is 5.02 Å². The molecule has 0 spiro atoms. The fourth-order valence-electron chi connectivity index (χ4n) is 2.68. The van der Waals surface area contributed by atoms with Crippen molar-refractivity contribution in [3.8, 4) is 0 Å². The fraction of sp³-hybridized carbons (Fsp3) is 0.368. The molecule has 2 rings (SSSR count). The summed E-state index contributed by atoms with van der Waals surface area (Å²) < 4.78 is 28.4. The van der Waals surface area contributed by atoms with Crippen LogP contribution in [0.4, 0.5) is 11.4 Å². The van der Waals surface area contributed by atoms with Gasteiger partial charge in [0.25, 0.3) is 5.91 Å². The number of rotatable bonds is 8. The molecule has 0 bridgehead atoms. The van der Waals surface area contributed by atoms with E-state index in [2.05, 4.69) is 5.32 Å². The second-order valence-corrected chi connectivity index (χ2v) is 8.75. The number of nitrogens with zero attached hydrogens (tertiary/aromatic N) is 3. The zero-order valence-corrected chi connectivity index (χ0v) is 18.1. The van der Waals surface area contributed by atoms with Gasteiger partial charge in [0.15, 0.2) is 12.4 Å². The van der Waals surface area contributed by atoms with Crippen LogP contribution in [0.15, 0.2) is 47.6 Å². The molecule has 9 heteroatoms. The Hall–Kier alpha value is -2.16. The van der Waals surface area contributed by atoms with Crippen LogP contribution < -0.4 is 14.8 Å². The van der Waals surface area contributed by atoms with Gasteiger partial charge in [-0.1, -0.05) is 25.4 Å². The first-order valence-electron chi connectivity index (χ1n) is 8.95. The van der Waals surface area contributed by atoms with Crippen molar-refractivity contribution >= 4 is 38.9 Å². The van der Waals surface area contributed by atoms with Crippen LogP contribution in [0.3, 0.4) is 0 Å². The molecule has 28 heavy (non-hydrogen) atoms. The lowest BCUT2D eigenvalue weighted by Gasteiger charge is -2.19. The topological polar surface area (TPSA) is 73.6 Å². The van der Waals surface area contributed by atoms with Crippen LogP contribution in [0, 0.1) is 0 Å². The summed E-state index contributed by atoms with van der Waals surface area (Å²) in [6.07, 6.45) is 3.61. The maximum Gasteiger partial charge on any atom is 0.290 e. The van der Waals surface area contributed by atoms with Gasteiger partial charge in [-0.05, 0) is 18.2 Å².